The van der Waals surface area contributed by atoms with Gasteiger partial charge in [-0.05, 0) is 55.1 Å². The van der Waals surface area contributed by atoms with Crippen molar-refractivity contribution in [2.24, 2.45) is 17.8 Å². The average molecular weight is 313 g/mol. The lowest BCUT2D eigenvalue weighted by molar-refractivity contribution is 0.205. The Labute approximate surface area is 139 Å². The van der Waals surface area contributed by atoms with E-state index in [0.717, 1.165) is 42.8 Å². The summed E-state index contributed by atoms with van der Waals surface area (Å²) < 4.78 is 0. The van der Waals surface area contributed by atoms with Crippen LogP contribution in [0.25, 0.3) is 0 Å². The van der Waals surface area contributed by atoms with Gasteiger partial charge in [-0.15, -0.1) is 0 Å². The van der Waals surface area contributed by atoms with E-state index in [9.17, 15) is 4.79 Å². The molecule has 1 heterocycles. The van der Waals surface area contributed by atoms with Crippen molar-refractivity contribution in [1.82, 2.24) is 15.2 Å². The molecule has 1 aromatic rings. The standard InChI is InChI=1S/C19H27N3O/c1-3-14-5-7-18(21-12-14)13-22(2)19(23)20-9-8-17-11-15-4-6-16(17)10-15/h4-7,12,15-17H,3,8-11,13H2,1-2H3,(H,20,23)/t15-,16+,17-/m1/s1. The van der Waals surface area contributed by atoms with Gasteiger partial charge in [-0.25, -0.2) is 4.79 Å². The van der Waals surface area contributed by atoms with Gasteiger partial charge in [0.1, 0.15) is 0 Å². The maximum atomic E-state index is 12.2. The first-order chi connectivity index (χ1) is 11.2. The molecule has 2 aliphatic rings. The van der Waals surface area contributed by atoms with Crippen LogP contribution >= 0.6 is 0 Å². The number of rotatable bonds is 6. The molecular weight excluding hydrogens is 286 g/mol. The van der Waals surface area contributed by atoms with Crippen LogP contribution in [0.1, 0.15) is 37.4 Å². The van der Waals surface area contributed by atoms with Gasteiger partial charge in [-0.3, -0.25) is 4.98 Å². The van der Waals surface area contributed by atoms with Gasteiger partial charge in [-0.2, -0.15) is 0 Å². The maximum Gasteiger partial charge on any atom is 0.317 e. The van der Waals surface area contributed by atoms with Crippen LogP contribution in [0, 0.1) is 17.8 Å². The molecule has 124 valence electrons. The highest BCUT2D eigenvalue weighted by Gasteiger charge is 2.34. The minimum atomic E-state index is -0.00920. The number of hydrogen-bond donors (Lipinski definition) is 1. The lowest BCUT2D eigenvalue weighted by Crippen LogP contribution is -2.38. The molecule has 4 nitrogen and oxygen atoms in total. The fourth-order valence-electron chi connectivity index (χ4n) is 3.80. The number of amides is 2. The van der Waals surface area contributed by atoms with Crippen molar-refractivity contribution >= 4 is 6.03 Å². The fraction of sp³-hybridized carbons (Fsp3) is 0.579. The van der Waals surface area contributed by atoms with Crippen molar-refractivity contribution in [1.29, 1.82) is 0 Å². The van der Waals surface area contributed by atoms with Crippen LogP contribution in [-0.2, 0) is 13.0 Å². The highest BCUT2D eigenvalue weighted by molar-refractivity contribution is 5.73. The summed E-state index contributed by atoms with van der Waals surface area (Å²) in [5.74, 6) is 2.33. The molecule has 1 N–H and O–H groups in total. The van der Waals surface area contributed by atoms with Crippen LogP contribution in [-0.4, -0.2) is 29.5 Å². The second-order valence-electron chi connectivity index (χ2n) is 6.93. The first-order valence-corrected chi connectivity index (χ1v) is 8.76. The second-order valence-corrected chi connectivity index (χ2v) is 6.93. The number of carbonyl (C=O) groups excluding carboxylic acids is 1. The number of carbonyl (C=O) groups is 1. The molecular formula is C19H27N3O. The molecule has 1 aromatic heterocycles. The van der Waals surface area contributed by atoms with E-state index in [-0.39, 0.29) is 6.03 Å². The van der Waals surface area contributed by atoms with Gasteiger partial charge >= 0.3 is 6.03 Å². The Hall–Kier alpha value is -1.84. The number of pyridine rings is 1. The van der Waals surface area contributed by atoms with Gasteiger partial charge in [0, 0.05) is 19.8 Å². The van der Waals surface area contributed by atoms with Crippen LogP contribution in [0.2, 0.25) is 0 Å². The number of aromatic nitrogens is 1. The third-order valence-electron chi connectivity index (χ3n) is 5.25. The molecule has 0 unspecified atom stereocenters. The first kappa shape index (κ1) is 16.0. The van der Waals surface area contributed by atoms with Gasteiger partial charge in [0.05, 0.1) is 12.2 Å². The van der Waals surface area contributed by atoms with Gasteiger partial charge in [0.15, 0.2) is 0 Å². The summed E-state index contributed by atoms with van der Waals surface area (Å²) in [6.45, 7) is 3.43. The largest absolute Gasteiger partial charge is 0.338 e. The van der Waals surface area contributed by atoms with Gasteiger partial charge in [0.25, 0.3) is 0 Å². The highest BCUT2D eigenvalue weighted by Crippen LogP contribution is 2.44. The van der Waals surface area contributed by atoms with E-state index in [1.807, 2.05) is 19.3 Å². The van der Waals surface area contributed by atoms with Crippen LogP contribution in [0.3, 0.4) is 0 Å². The minimum absolute atomic E-state index is 0.00920. The number of fused-ring (bicyclic) bond motifs is 2. The monoisotopic (exact) mass is 313 g/mol. The van der Waals surface area contributed by atoms with Crippen molar-refractivity contribution in [3.05, 3.63) is 41.7 Å². The molecule has 23 heavy (non-hydrogen) atoms. The normalized spacial score (nSPS) is 24.9. The van der Waals surface area contributed by atoms with Crippen molar-refractivity contribution in [3.63, 3.8) is 0 Å². The maximum absolute atomic E-state index is 12.2. The lowest BCUT2D eigenvalue weighted by Gasteiger charge is -2.21. The molecule has 3 rings (SSSR count). The van der Waals surface area contributed by atoms with E-state index in [1.165, 1.54) is 18.4 Å². The molecule has 0 saturated heterocycles. The number of allylic oxidation sites excluding steroid dienone is 2. The molecule has 3 atom stereocenters. The van der Waals surface area contributed by atoms with E-state index >= 15 is 0 Å². The topological polar surface area (TPSA) is 45.2 Å². The molecule has 2 bridgehead atoms. The number of nitrogens with one attached hydrogen (secondary N) is 1. The Morgan fingerprint density at radius 3 is 2.83 bits per heavy atom. The van der Waals surface area contributed by atoms with Crippen LogP contribution in [0.15, 0.2) is 30.5 Å². The lowest BCUT2D eigenvalue weighted by atomic mass is 9.91. The minimum Gasteiger partial charge on any atom is -0.338 e. The number of urea groups is 1. The molecule has 0 radical (unpaired) electrons. The molecule has 0 aromatic carbocycles. The van der Waals surface area contributed by atoms with Gasteiger partial charge < -0.3 is 10.2 Å². The fourth-order valence-corrected chi connectivity index (χ4v) is 3.80. The van der Waals surface area contributed by atoms with E-state index in [2.05, 4.69) is 35.4 Å². The van der Waals surface area contributed by atoms with Crippen molar-refractivity contribution in [2.75, 3.05) is 13.6 Å². The Kier molecular flexibility index (Phi) is 4.99. The summed E-state index contributed by atoms with van der Waals surface area (Å²) >= 11 is 0. The van der Waals surface area contributed by atoms with Crippen LogP contribution in [0.5, 0.6) is 0 Å². The molecule has 4 heteroatoms. The molecule has 2 aliphatic carbocycles. The summed E-state index contributed by atoms with van der Waals surface area (Å²) in [6, 6.07) is 4.08. The van der Waals surface area contributed by atoms with E-state index in [4.69, 9.17) is 0 Å². The molecule has 1 saturated carbocycles. The first-order valence-electron chi connectivity index (χ1n) is 8.76. The smallest absolute Gasteiger partial charge is 0.317 e. The Bertz CT molecular complexity index is 566. The number of nitrogens with zero attached hydrogens (tertiary/aromatic N) is 2. The Morgan fingerprint density at radius 1 is 1.35 bits per heavy atom. The van der Waals surface area contributed by atoms with Crippen LogP contribution in [0.4, 0.5) is 4.79 Å². The highest BCUT2D eigenvalue weighted by atomic mass is 16.2. The third kappa shape index (κ3) is 3.92. The zero-order valence-corrected chi connectivity index (χ0v) is 14.2. The number of aryl methyl sites for hydroxylation is 1. The molecule has 0 spiro atoms. The summed E-state index contributed by atoms with van der Waals surface area (Å²) in [4.78, 5) is 18.3. The molecule has 2 amide bonds. The second kappa shape index (κ2) is 7.16. The average Bonchev–Trinajstić information content (AvgIpc) is 3.18. The zero-order chi connectivity index (χ0) is 16.2. The third-order valence-corrected chi connectivity index (χ3v) is 5.25. The van der Waals surface area contributed by atoms with Crippen molar-refractivity contribution in [3.8, 4) is 0 Å². The summed E-state index contributed by atoms with van der Waals surface area (Å²) in [5, 5.41) is 3.05. The zero-order valence-electron chi connectivity index (χ0n) is 14.2. The summed E-state index contributed by atoms with van der Waals surface area (Å²) in [7, 11) is 1.82. The van der Waals surface area contributed by atoms with Crippen LogP contribution < -0.4 is 5.32 Å². The number of hydrogen-bond acceptors (Lipinski definition) is 2. The Balaban J connectivity index is 1.39. The van der Waals surface area contributed by atoms with Gasteiger partial charge in [-0.1, -0.05) is 25.1 Å². The van der Waals surface area contributed by atoms with Gasteiger partial charge in [0.2, 0.25) is 0 Å². The van der Waals surface area contributed by atoms with Crippen molar-refractivity contribution in [2.45, 2.75) is 39.2 Å². The molecule has 0 aliphatic heterocycles. The SMILES string of the molecule is CCc1ccc(CN(C)C(=O)NCC[C@@H]2C[C@@H]3C=C[C@H]2C3)nc1. The quantitative estimate of drug-likeness (QED) is 0.818. The predicted octanol–water partition coefficient (Wildman–Crippen LogP) is 3.39. The summed E-state index contributed by atoms with van der Waals surface area (Å²) in [6.07, 6.45) is 11.3. The Morgan fingerprint density at radius 2 is 2.22 bits per heavy atom. The van der Waals surface area contributed by atoms with E-state index in [0.29, 0.717) is 6.54 Å². The van der Waals surface area contributed by atoms with Crippen molar-refractivity contribution < 1.29 is 4.79 Å². The molecule has 1 fully saturated rings. The van der Waals surface area contributed by atoms with E-state index < -0.39 is 0 Å². The predicted molar refractivity (Wildman–Crippen MR) is 91.9 cm³/mol. The summed E-state index contributed by atoms with van der Waals surface area (Å²) in [5.41, 5.74) is 2.15. The van der Waals surface area contributed by atoms with E-state index in [1.54, 1.807) is 4.90 Å².